The van der Waals surface area contributed by atoms with Crippen molar-refractivity contribution in [1.82, 2.24) is 0 Å². The monoisotopic (exact) mass is 981 g/mol. The molecule has 0 spiro atoms. The zero-order valence-corrected chi connectivity index (χ0v) is 41.3. The largest absolute Gasteiger partial charge is 0.481 e. The summed E-state index contributed by atoms with van der Waals surface area (Å²) in [5, 5.41) is 31.4. The fourth-order valence-corrected chi connectivity index (χ4v) is 8.86. The Labute approximate surface area is 416 Å². The van der Waals surface area contributed by atoms with E-state index in [4.69, 9.17) is 20.4 Å². The summed E-state index contributed by atoms with van der Waals surface area (Å²) >= 11 is 0. The number of carboxylic acids is 2. The second-order valence-corrected chi connectivity index (χ2v) is 16.7. The molecular weight excluding hydrogens is 885 g/mol. The predicted molar refractivity (Wildman–Crippen MR) is 275 cm³/mol. The van der Waals surface area contributed by atoms with Gasteiger partial charge in [0.25, 0.3) is 0 Å². The van der Waals surface area contributed by atoms with E-state index in [0.29, 0.717) is 62.9 Å². The van der Waals surface area contributed by atoms with E-state index in [-0.39, 0.29) is 106 Å². The molecule has 0 aromatic carbocycles. The van der Waals surface area contributed by atoms with Gasteiger partial charge >= 0.3 is 23.9 Å². The summed E-state index contributed by atoms with van der Waals surface area (Å²) in [6, 6.07) is 0. The number of Topliss-reactive ketones (excluding diaryl/α,β-unsaturated/α-hetero) is 4. The van der Waals surface area contributed by atoms with Crippen molar-refractivity contribution in [3.8, 4) is 0 Å². The summed E-state index contributed by atoms with van der Waals surface area (Å²) in [4.78, 5) is 90.0. The molecule has 8 atom stereocenters. The van der Waals surface area contributed by atoms with E-state index in [2.05, 4.69) is 47.6 Å². The van der Waals surface area contributed by atoms with E-state index < -0.39 is 11.9 Å². The number of allylic oxidation sites excluding steroid dienone is 8. The molecular formula is C55H96O14. The first kappa shape index (κ1) is 73.4. The van der Waals surface area contributed by atoms with Gasteiger partial charge in [-0.1, -0.05) is 98.6 Å². The summed E-state index contributed by atoms with van der Waals surface area (Å²) in [5.41, 5.74) is 0. The van der Waals surface area contributed by atoms with Gasteiger partial charge in [-0.3, -0.25) is 38.4 Å². The molecule has 0 bridgehead atoms. The second-order valence-electron chi connectivity index (χ2n) is 16.7. The molecule has 400 valence electrons. The van der Waals surface area contributed by atoms with Crippen molar-refractivity contribution in [2.24, 2.45) is 47.3 Å². The summed E-state index contributed by atoms with van der Waals surface area (Å²) in [6.07, 6.45) is 29.7. The van der Waals surface area contributed by atoms with Crippen LogP contribution in [0.2, 0.25) is 0 Å². The quantitative estimate of drug-likeness (QED) is 0.0656. The minimum Gasteiger partial charge on any atom is -0.481 e. The first-order valence-electron chi connectivity index (χ1n) is 23.8. The summed E-state index contributed by atoms with van der Waals surface area (Å²) in [7, 11) is 4.79. The molecule has 0 radical (unpaired) electrons. The number of aliphatic carboxylic acids is 2. The lowest BCUT2D eigenvalue weighted by Crippen LogP contribution is -2.18. The van der Waals surface area contributed by atoms with Crippen LogP contribution in [-0.2, 0) is 47.8 Å². The third-order valence-corrected chi connectivity index (χ3v) is 12.3. The van der Waals surface area contributed by atoms with Crippen LogP contribution in [0.4, 0.5) is 0 Å². The SMILES string of the molecule is C.C.C.CC/C=C/C[C@H]1C(=O)CC[C@H]1CC(=O)O.CC/C=C/C[C@H]1C(=O)CC[C@H]1CC(=O)OC.CC/C=C\C[C@H]1C(=O)CC[C@H]1CC(=O)O.CC/C=C\C[C@H]1C(=O)CC[C@H]1CC(=O)OC.CO.CO. The van der Waals surface area contributed by atoms with Crippen molar-refractivity contribution in [2.45, 2.75) is 178 Å². The number of aliphatic hydroxyl groups excluding tert-OH is 2. The number of aliphatic hydroxyl groups is 2. The Hall–Kier alpha value is -4.56. The first-order chi connectivity index (χ1) is 31.7. The van der Waals surface area contributed by atoms with Gasteiger partial charge in [0.1, 0.15) is 23.1 Å². The molecule has 0 aromatic heterocycles. The van der Waals surface area contributed by atoms with Crippen molar-refractivity contribution >= 4 is 47.0 Å². The summed E-state index contributed by atoms with van der Waals surface area (Å²) in [6.45, 7) is 8.22. The third kappa shape index (κ3) is 31.3. The lowest BCUT2D eigenvalue weighted by Gasteiger charge is -2.15. The standard InChI is InChI=1S/2C13H20O3.2C12H18O3.2CH4O.3CH4/c2*1-3-4-5-6-11-10(7-8-12(11)14)9-13(15)16-2;2*1-2-3-4-5-10-9(8-12(14)15)6-7-11(10)13;2*1-2;;;/h2*4-5,10-11H,3,6-9H2,1-2H3;2*3-4,9-10H,2,5-8H2,1H3,(H,14,15);2*2H,1H3;3*1H4/b5-4+;5-4-;4-3+;4-3-;;;;;/t2*10-,11+;2*9-,10+;;;;;/m0000...../s1. The van der Waals surface area contributed by atoms with Crippen LogP contribution >= 0.6 is 0 Å². The lowest BCUT2D eigenvalue weighted by molar-refractivity contribution is -0.143. The zero-order chi connectivity index (χ0) is 50.5. The third-order valence-electron chi connectivity index (χ3n) is 12.3. The molecule has 4 aliphatic rings. The number of ketones is 4. The Balaban J connectivity index is -0.000000254. The van der Waals surface area contributed by atoms with Crippen molar-refractivity contribution in [1.29, 1.82) is 0 Å². The van der Waals surface area contributed by atoms with Gasteiger partial charge in [0.2, 0.25) is 0 Å². The molecule has 4 rings (SSSR count). The number of carboxylic acid groups (broad SMARTS) is 2. The number of carbonyl (C=O) groups is 8. The molecule has 14 heteroatoms. The Morgan fingerprint density at radius 3 is 0.797 bits per heavy atom. The van der Waals surface area contributed by atoms with Gasteiger partial charge in [0.15, 0.2) is 0 Å². The van der Waals surface area contributed by atoms with E-state index in [1.165, 1.54) is 14.2 Å². The van der Waals surface area contributed by atoms with Gasteiger partial charge in [0, 0.05) is 89.3 Å². The van der Waals surface area contributed by atoms with E-state index in [9.17, 15) is 38.4 Å². The minimum absolute atomic E-state index is 0. The summed E-state index contributed by atoms with van der Waals surface area (Å²) < 4.78 is 9.31. The Bertz CT molecular complexity index is 1450. The molecule has 4 N–H and O–H groups in total. The zero-order valence-electron chi connectivity index (χ0n) is 41.3. The van der Waals surface area contributed by atoms with Gasteiger partial charge in [0.05, 0.1) is 14.2 Å². The molecule has 0 aromatic rings. The number of hydrogen-bond acceptors (Lipinski definition) is 12. The van der Waals surface area contributed by atoms with Gasteiger partial charge < -0.3 is 29.9 Å². The van der Waals surface area contributed by atoms with Crippen LogP contribution < -0.4 is 0 Å². The van der Waals surface area contributed by atoms with Crippen LogP contribution in [-0.4, -0.2) is 95.9 Å². The predicted octanol–water partition coefficient (Wildman–Crippen LogP) is 11.0. The van der Waals surface area contributed by atoms with Gasteiger partial charge in [-0.05, 0) is 101 Å². The van der Waals surface area contributed by atoms with Crippen LogP contribution in [0.15, 0.2) is 48.6 Å². The van der Waals surface area contributed by atoms with Crippen LogP contribution in [0.25, 0.3) is 0 Å². The smallest absolute Gasteiger partial charge is 0.305 e. The van der Waals surface area contributed by atoms with Crippen LogP contribution in [0.3, 0.4) is 0 Å². The number of rotatable bonds is 20. The van der Waals surface area contributed by atoms with Gasteiger partial charge in [-0.2, -0.15) is 0 Å². The van der Waals surface area contributed by atoms with Crippen LogP contribution in [0.1, 0.15) is 178 Å². The Morgan fingerprint density at radius 2 is 0.623 bits per heavy atom. The maximum absolute atomic E-state index is 11.7. The number of ether oxygens (including phenoxy) is 2. The number of methoxy groups -OCH3 is 2. The number of carbonyl (C=O) groups excluding carboxylic acids is 6. The highest BCUT2D eigenvalue weighted by Crippen LogP contribution is 2.37. The molecule has 14 nitrogen and oxygen atoms in total. The first-order valence-corrected chi connectivity index (χ1v) is 23.8. The van der Waals surface area contributed by atoms with Crippen LogP contribution in [0.5, 0.6) is 0 Å². The van der Waals surface area contributed by atoms with Gasteiger partial charge in [-0.15, -0.1) is 0 Å². The van der Waals surface area contributed by atoms with E-state index in [1.807, 2.05) is 38.2 Å². The van der Waals surface area contributed by atoms with Crippen molar-refractivity contribution in [3.63, 3.8) is 0 Å². The molecule has 0 amide bonds. The molecule has 69 heavy (non-hydrogen) atoms. The Kier molecular flexibility index (Phi) is 48.8. The maximum Gasteiger partial charge on any atom is 0.305 e. The second kappa shape index (κ2) is 45.9. The normalized spacial score (nSPS) is 23.3. The Morgan fingerprint density at radius 1 is 0.420 bits per heavy atom. The average Bonchev–Trinajstić information content (AvgIpc) is 4.05. The minimum atomic E-state index is -0.792. The van der Waals surface area contributed by atoms with E-state index in [1.54, 1.807) is 0 Å². The summed E-state index contributed by atoms with van der Waals surface area (Å²) in [5.74, 6) is -0.493. The van der Waals surface area contributed by atoms with E-state index >= 15 is 0 Å². The van der Waals surface area contributed by atoms with Crippen molar-refractivity contribution in [2.75, 3.05) is 28.4 Å². The molecule has 4 aliphatic carbocycles. The number of hydrogen-bond donors (Lipinski definition) is 4. The highest BCUT2D eigenvalue weighted by molar-refractivity contribution is 5.86. The molecule has 0 saturated heterocycles. The number of esters is 2. The lowest BCUT2D eigenvalue weighted by atomic mass is 9.89. The maximum atomic E-state index is 11.7. The fourth-order valence-electron chi connectivity index (χ4n) is 8.86. The molecule has 0 aliphatic heterocycles. The molecule has 0 heterocycles. The highest BCUT2D eigenvalue weighted by Gasteiger charge is 2.37. The van der Waals surface area contributed by atoms with E-state index in [0.717, 1.165) is 78.4 Å². The topological polar surface area (TPSA) is 236 Å². The molecule has 4 saturated carbocycles. The average molecular weight is 981 g/mol. The molecule has 0 unspecified atom stereocenters. The van der Waals surface area contributed by atoms with Crippen molar-refractivity contribution in [3.05, 3.63) is 48.6 Å². The van der Waals surface area contributed by atoms with Gasteiger partial charge in [-0.25, -0.2) is 0 Å². The molecule has 4 fully saturated rings. The van der Waals surface area contributed by atoms with Crippen molar-refractivity contribution < 1.29 is 68.3 Å². The highest BCUT2D eigenvalue weighted by atomic mass is 16.5. The fraction of sp³-hybridized carbons (Fsp3) is 0.709. The van der Waals surface area contributed by atoms with Crippen LogP contribution in [0, 0.1) is 47.3 Å².